The number of nitrogens with zero attached hydrogens (tertiary/aromatic N) is 2. The Balaban J connectivity index is 0.00000137. The molecule has 0 fully saturated rings. The third kappa shape index (κ3) is 5.89. The fourth-order valence-electron chi connectivity index (χ4n) is 1.10. The minimum Gasteiger partial charge on any atom is -0.402 e. The molecule has 0 aliphatic heterocycles. The van der Waals surface area contributed by atoms with E-state index in [2.05, 4.69) is 5.10 Å². The van der Waals surface area contributed by atoms with Crippen LogP contribution in [0.1, 0.15) is 37.6 Å². The summed E-state index contributed by atoms with van der Waals surface area (Å²) in [6.07, 6.45) is 8.21. The van der Waals surface area contributed by atoms with Gasteiger partial charge >= 0.3 is 0 Å². The zero-order valence-electron chi connectivity index (χ0n) is 11.3. The van der Waals surface area contributed by atoms with Crippen molar-refractivity contribution in [1.82, 2.24) is 9.78 Å². The minimum absolute atomic E-state index is 0.446. The molecule has 0 unspecified atom stereocenters. The molecule has 0 saturated carbocycles. The van der Waals surface area contributed by atoms with E-state index in [9.17, 15) is 4.79 Å². The quantitative estimate of drug-likeness (QED) is 0.616. The summed E-state index contributed by atoms with van der Waals surface area (Å²) in [5.41, 5.74) is 13.4. The van der Waals surface area contributed by atoms with Gasteiger partial charge in [-0.2, -0.15) is 5.10 Å². The number of rotatable bonds is 5. The van der Waals surface area contributed by atoms with Crippen LogP contribution >= 0.6 is 0 Å². The minimum atomic E-state index is 0.446. The molecule has 18 heavy (non-hydrogen) atoms. The zero-order chi connectivity index (χ0) is 14.0. The maximum atomic E-state index is 10.4. The lowest BCUT2D eigenvalue weighted by Crippen LogP contribution is -2.08. The van der Waals surface area contributed by atoms with Crippen LogP contribution in [-0.2, 0) is 6.54 Å². The van der Waals surface area contributed by atoms with E-state index in [4.69, 9.17) is 11.5 Å². The van der Waals surface area contributed by atoms with Crippen molar-refractivity contribution in [2.75, 3.05) is 0 Å². The van der Waals surface area contributed by atoms with Gasteiger partial charge in [0, 0.05) is 17.6 Å². The van der Waals surface area contributed by atoms with Crippen molar-refractivity contribution in [2.24, 2.45) is 11.5 Å². The number of aromatic nitrogens is 2. The van der Waals surface area contributed by atoms with Crippen molar-refractivity contribution in [3.8, 4) is 0 Å². The Hall–Kier alpha value is -2.04. The van der Waals surface area contributed by atoms with E-state index < -0.39 is 0 Å². The molecule has 1 aromatic rings. The van der Waals surface area contributed by atoms with E-state index in [1.165, 1.54) is 6.20 Å². The summed E-state index contributed by atoms with van der Waals surface area (Å²) in [6.45, 7) is 6.42. The van der Waals surface area contributed by atoms with Gasteiger partial charge in [0.05, 0.1) is 18.3 Å². The first kappa shape index (κ1) is 16.0. The molecule has 0 radical (unpaired) electrons. The van der Waals surface area contributed by atoms with Crippen molar-refractivity contribution in [2.45, 2.75) is 33.7 Å². The van der Waals surface area contributed by atoms with Gasteiger partial charge in [-0.05, 0) is 18.6 Å². The van der Waals surface area contributed by atoms with Crippen LogP contribution in [0.2, 0.25) is 0 Å². The molecular formula is C13H22N4O. The van der Waals surface area contributed by atoms with Crippen molar-refractivity contribution < 1.29 is 4.79 Å². The van der Waals surface area contributed by atoms with Crippen LogP contribution in [0.4, 0.5) is 0 Å². The molecule has 0 aliphatic carbocycles. The second kappa shape index (κ2) is 9.04. The van der Waals surface area contributed by atoms with E-state index in [1.807, 2.05) is 20.8 Å². The summed E-state index contributed by atoms with van der Waals surface area (Å²) in [5, 5.41) is 3.99. The highest BCUT2D eigenvalue weighted by Crippen LogP contribution is 1.98. The van der Waals surface area contributed by atoms with Crippen LogP contribution in [0.25, 0.3) is 0 Å². The predicted octanol–water partition coefficient (Wildman–Crippen LogP) is 1.82. The topological polar surface area (TPSA) is 86.9 Å². The highest BCUT2D eigenvalue weighted by molar-refractivity contribution is 5.73. The molecule has 100 valence electrons. The lowest BCUT2D eigenvalue weighted by Gasteiger charge is -2.00. The fourth-order valence-corrected chi connectivity index (χ4v) is 1.10. The Morgan fingerprint density at radius 1 is 1.33 bits per heavy atom. The van der Waals surface area contributed by atoms with Crippen molar-refractivity contribution >= 4 is 6.29 Å². The first-order chi connectivity index (χ1) is 8.65. The van der Waals surface area contributed by atoms with Gasteiger partial charge in [0.2, 0.25) is 0 Å². The third-order valence-corrected chi connectivity index (χ3v) is 2.05. The van der Waals surface area contributed by atoms with Crippen LogP contribution in [0.3, 0.4) is 0 Å². The Labute approximate surface area is 108 Å². The number of hydrogen-bond donors (Lipinski definition) is 2. The summed E-state index contributed by atoms with van der Waals surface area (Å²) in [6, 6.07) is 0. The summed E-state index contributed by atoms with van der Waals surface area (Å²) in [4.78, 5) is 10.4. The van der Waals surface area contributed by atoms with Crippen molar-refractivity contribution in [3.05, 3.63) is 41.5 Å². The largest absolute Gasteiger partial charge is 0.402 e. The Bertz CT molecular complexity index is 418. The molecule has 0 saturated heterocycles. The second-order valence-corrected chi connectivity index (χ2v) is 3.43. The molecule has 0 bridgehead atoms. The van der Waals surface area contributed by atoms with Gasteiger partial charge in [0.1, 0.15) is 0 Å². The van der Waals surface area contributed by atoms with Crippen molar-refractivity contribution in [3.63, 3.8) is 0 Å². The molecule has 0 spiro atoms. The molecule has 1 heterocycles. The average molecular weight is 250 g/mol. The second-order valence-electron chi connectivity index (χ2n) is 3.43. The lowest BCUT2D eigenvalue weighted by molar-refractivity contribution is 0.112. The number of nitrogens with two attached hydrogens (primary N) is 2. The highest BCUT2D eigenvalue weighted by Gasteiger charge is 1.97. The predicted molar refractivity (Wildman–Crippen MR) is 73.8 cm³/mol. The first-order valence-corrected chi connectivity index (χ1v) is 6.04. The van der Waals surface area contributed by atoms with Gasteiger partial charge in [-0.25, -0.2) is 0 Å². The van der Waals surface area contributed by atoms with Crippen LogP contribution in [0.15, 0.2) is 35.9 Å². The van der Waals surface area contributed by atoms with E-state index in [-0.39, 0.29) is 0 Å². The third-order valence-electron chi connectivity index (χ3n) is 2.05. The maximum absolute atomic E-state index is 10.4. The number of carbonyl (C=O) groups excluding carboxylic acids is 1. The molecule has 0 amide bonds. The zero-order valence-corrected chi connectivity index (χ0v) is 11.3. The SMILES string of the molecule is CC.CC/C(N)=C/C=C(\N)Cn1cc(C=O)cn1. The number of carbonyl (C=O) groups is 1. The summed E-state index contributed by atoms with van der Waals surface area (Å²) in [7, 11) is 0. The first-order valence-electron chi connectivity index (χ1n) is 6.04. The number of aldehydes is 1. The van der Waals surface area contributed by atoms with Crippen LogP contribution in [-0.4, -0.2) is 16.1 Å². The van der Waals surface area contributed by atoms with E-state index in [0.29, 0.717) is 17.8 Å². The molecule has 1 rings (SSSR count). The molecule has 0 aliphatic rings. The molecule has 5 nitrogen and oxygen atoms in total. The van der Waals surface area contributed by atoms with Gasteiger partial charge in [0.25, 0.3) is 0 Å². The number of allylic oxidation sites excluding steroid dienone is 4. The maximum Gasteiger partial charge on any atom is 0.153 e. The van der Waals surface area contributed by atoms with Gasteiger partial charge < -0.3 is 11.5 Å². The fraction of sp³-hybridized carbons (Fsp3) is 0.385. The van der Waals surface area contributed by atoms with E-state index >= 15 is 0 Å². The molecule has 1 aromatic heterocycles. The van der Waals surface area contributed by atoms with E-state index in [0.717, 1.165) is 18.4 Å². The summed E-state index contributed by atoms with van der Waals surface area (Å²) in [5.74, 6) is 0. The average Bonchev–Trinajstić information content (AvgIpc) is 2.85. The Morgan fingerprint density at radius 3 is 2.44 bits per heavy atom. The van der Waals surface area contributed by atoms with Crippen molar-refractivity contribution in [1.29, 1.82) is 0 Å². The van der Waals surface area contributed by atoms with E-state index in [1.54, 1.807) is 23.0 Å². The van der Waals surface area contributed by atoms with Gasteiger partial charge in [0.15, 0.2) is 6.29 Å². The lowest BCUT2D eigenvalue weighted by atomic mass is 10.3. The monoisotopic (exact) mass is 250 g/mol. The molecular weight excluding hydrogens is 228 g/mol. The normalized spacial score (nSPS) is 11.7. The number of hydrogen-bond acceptors (Lipinski definition) is 4. The molecule has 0 atom stereocenters. The van der Waals surface area contributed by atoms with Gasteiger partial charge in [-0.1, -0.05) is 20.8 Å². The molecule has 5 heteroatoms. The van der Waals surface area contributed by atoms with Crippen LogP contribution in [0.5, 0.6) is 0 Å². The Kier molecular flexibility index (Phi) is 8.01. The standard InChI is InChI=1S/C11H16N4O.C2H6/c1-2-10(12)3-4-11(13)7-15-6-9(8-16)5-14-15;1-2/h3-6,8H,2,7,12-13H2,1H3;1-2H3/b10-3-,11-4-;. The smallest absolute Gasteiger partial charge is 0.153 e. The molecule has 0 aromatic carbocycles. The molecule has 4 N–H and O–H groups in total. The van der Waals surface area contributed by atoms with Crippen LogP contribution < -0.4 is 11.5 Å². The summed E-state index contributed by atoms with van der Waals surface area (Å²) < 4.78 is 1.60. The summed E-state index contributed by atoms with van der Waals surface area (Å²) >= 11 is 0. The van der Waals surface area contributed by atoms with Gasteiger partial charge in [-0.15, -0.1) is 0 Å². The Morgan fingerprint density at radius 2 is 1.94 bits per heavy atom. The van der Waals surface area contributed by atoms with Gasteiger partial charge in [-0.3, -0.25) is 9.48 Å². The van der Waals surface area contributed by atoms with Crippen LogP contribution in [0, 0.1) is 0 Å². The highest BCUT2D eigenvalue weighted by atomic mass is 16.1.